The summed E-state index contributed by atoms with van der Waals surface area (Å²) in [6.45, 7) is 1.13. The molecule has 26 heavy (non-hydrogen) atoms. The highest BCUT2D eigenvalue weighted by Crippen LogP contribution is 2.23. The zero-order chi connectivity index (χ0) is 18.6. The smallest absolute Gasteiger partial charge is 0.253 e. The van der Waals surface area contributed by atoms with Crippen molar-refractivity contribution < 1.29 is 17.9 Å². The summed E-state index contributed by atoms with van der Waals surface area (Å²) in [6, 6.07) is 15.5. The van der Waals surface area contributed by atoms with Crippen molar-refractivity contribution in [1.82, 2.24) is 4.90 Å². The second-order valence-corrected chi connectivity index (χ2v) is 8.62. The molecule has 0 N–H and O–H groups in total. The summed E-state index contributed by atoms with van der Waals surface area (Å²) >= 11 is 0. The van der Waals surface area contributed by atoms with E-state index in [4.69, 9.17) is 4.74 Å². The first kappa shape index (κ1) is 18.5. The summed E-state index contributed by atoms with van der Waals surface area (Å²) in [4.78, 5) is 14.8. The maximum absolute atomic E-state index is 12.7. The van der Waals surface area contributed by atoms with E-state index in [1.165, 1.54) is 0 Å². The van der Waals surface area contributed by atoms with Crippen molar-refractivity contribution in [2.45, 2.75) is 17.7 Å². The van der Waals surface area contributed by atoms with E-state index in [2.05, 4.69) is 0 Å². The number of methoxy groups -OCH3 is 1. The second-order valence-electron chi connectivity index (χ2n) is 6.58. The van der Waals surface area contributed by atoms with Gasteiger partial charge in [-0.15, -0.1) is 0 Å². The number of piperidine rings is 1. The Morgan fingerprint density at radius 2 is 1.81 bits per heavy atom. The number of sulfone groups is 1. The molecule has 0 saturated carbocycles. The van der Waals surface area contributed by atoms with Crippen LogP contribution in [-0.2, 0) is 9.84 Å². The zero-order valence-corrected chi connectivity index (χ0v) is 15.6. The van der Waals surface area contributed by atoms with Gasteiger partial charge in [-0.3, -0.25) is 4.79 Å². The van der Waals surface area contributed by atoms with Crippen molar-refractivity contribution >= 4 is 15.7 Å². The Kier molecular flexibility index (Phi) is 5.61. The molecule has 0 spiro atoms. The van der Waals surface area contributed by atoms with Crippen LogP contribution in [0, 0.1) is 5.92 Å². The molecule has 6 heteroatoms. The summed E-state index contributed by atoms with van der Waals surface area (Å²) in [7, 11) is -1.75. The van der Waals surface area contributed by atoms with Gasteiger partial charge in [0.2, 0.25) is 0 Å². The number of nitrogens with zero attached hydrogens (tertiary/aromatic N) is 1. The SMILES string of the molecule is COc1ccc(C(=O)N2CCCC(CS(=O)(=O)c3ccccc3)C2)cc1. The summed E-state index contributed by atoms with van der Waals surface area (Å²) in [5.74, 6) is 0.668. The molecule has 1 atom stereocenters. The van der Waals surface area contributed by atoms with Gasteiger partial charge in [-0.2, -0.15) is 0 Å². The number of hydrogen-bond donors (Lipinski definition) is 0. The molecule has 3 rings (SSSR count). The molecule has 1 saturated heterocycles. The number of likely N-dealkylation sites (tertiary alicyclic amines) is 1. The molecular formula is C20H23NO4S. The molecule has 2 aromatic carbocycles. The lowest BCUT2D eigenvalue weighted by atomic mass is 9.99. The number of carbonyl (C=O) groups excluding carboxylic acids is 1. The second kappa shape index (κ2) is 7.91. The van der Waals surface area contributed by atoms with E-state index in [1.807, 2.05) is 0 Å². The first-order chi connectivity index (χ1) is 12.5. The molecule has 5 nitrogen and oxygen atoms in total. The van der Waals surface area contributed by atoms with Crippen LogP contribution in [0.1, 0.15) is 23.2 Å². The van der Waals surface area contributed by atoms with Gasteiger partial charge in [0.05, 0.1) is 17.8 Å². The largest absolute Gasteiger partial charge is 0.497 e. The molecule has 1 heterocycles. The number of hydrogen-bond acceptors (Lipinski definition) is 4. The van der Waals surface area contributed by atoms with Crippen LogP contribution >= 0.6 is 0 Å². The predicted octanol–water partition coefficient (Wildman–Crippen LogP) is 3.02. The van der Waals surface area contributed by atoms with Crippen LogP contribution in [0.25, 0.3) is 0 Å². The van der Waals surface area contributed by atoms with Crippen molar-refractivity contribution in [3.63, 3.8) is 0 Å². The van der Waals surface area contributed by atoms with Gasteiger partial charge in [-0.1, -0.05) is 18.2 Å². The molecular weight excluding hydrogens is 350 g/mol. The molecule has 0 aromatic heterocycles. The van der Waals surface area contributed by atoms with Crippen molar-refractivity contribution in [3.8, 4) is 5.75 Å². The monoisotopic (exact) mass is 373 g/mol. The van der Waals surface area contributed by atoms with Crippen LogP contribution in [0.4, 0.5) is 0 Å². The maximum atomic E-state index is 12.7. The van der Waals surface area contributed by atoms with Crippen LogP contribution < -0.4 is 4.74 Å². The van der Waals surface area contributed by atoms with E-state index in [0.29, 0.717) is 29.3 Å². The first-order valence-electron chi connectivity index (χ1n) is 8.71. The van der Waals surface area contributed by atoms with Crippen molar-refractivity contribution in [2.24, 2.45) is 5.92 Å². The highest BCUT2D eigenvalue weighted by molar-refractivity contribution is 7.91. The normalized spacial score (nSPS) is 17.7. The quantitative estimate of drug-likeness (QED) is 0.808. The van der Waals surface area contributed by atoms with Gasteiger partial charge in [0.1, 0.15) is 5.75 Å². The Labute approximate surface area is 154 Å². The van der Waals surface area contributed by atoms with Crippen molar-refractivity contribution in [2.75, 3.05) is 26.0 Å². The Balaban J connectivity index is 1.68. The van der Waals surface area contributed by atoms with E-state index < -0.39 is 9.84 Å². The molecule has 2 aromatic rings. The summed E-state index contributed by atoms with van der Waals surface area (Å²) < 4.78 is 30.3. The number of rotatable bonds is 5. The number of benzene rings is 2. The lowest BCUT2D eigenvalue weighted by Gasteiger charge is -2.32. The van der Waals surface area contributed by atoms with Gasteiger partial charge < -0.3 is 9.64 Å². The van der Waals surface area contributed by atoms with Gasteiger partial charge in [-0.05, 0) is 55.2 Å². The van der Waals surface area contributed by atoms with Crippen LogP contribution in [-0.4, -0.2) is 45.2 Å². The molecule has 1 unspecified atom stereocenters. The zero-order valence-electron chi connectivity index (χ0n) is 14.8. The van der Waals surface area contributed by atoms with E-state index in [-0.39, 0.29) is 17.6 Å². The van der Waals surface area contributed by atoms with E-state index in [1.54, 1.807) is 66.6 Å². The number of amides is 1. The Bertz CT molecular complexity index is 847. The molecule has 1 amide bonds. The number of carbonyl (C=O) groups is 1. The molecule has 0 aliphatic carbocycles. The van der Waals surface area contributed by atoms with E-state index in [9.17, 15) is 13.2 Å². The Hall–Kier alpha value is -2.34. The topological polar surface area (TPSA) is 63.7 Å². The lowest BCUT2D eigenvalue weighted by Crippen LogP contribution is -2.41. The molecule has 0 radical (unpaired) electrons. The third kappa shape index (κ3) is 4.25. The summed E-state index contributed by atoms with van der Waals surface area (Å²) in [6.07, 6.45) is 1.63. The van der Waals surface area contributed by atoms with Crippen LogP contribution in [0.3, 0.4) is 0 Å². The predicted molar refractivity (Wildman–Crippen MR) is 100 cm³/mol. The minimum Gasteiger partial charge on any atom is -0.497 e. The van der Waals surface area contributed by atoms with Gasteiger partial charge >= 0.3 is 0 Å². The summed E-state index contributed by atoms with van der Waals surface area (Å²) in [5, 5.41) is 0. The maximum Gasteiger partial charge on any atom is 0.253 e. The van der Waals surface area contributed by atoms with Gasteiger partial charge in [0, 0.05) is 18.7 Å². The fourth-order valence-electron chi connectivity index (χ4n) is 3.34. The first-order valence-corrected chi connectivity index (χ1v) is 10.4. The van der Waals surface area contributed by atoms with Crippen molar-refractivity contribution in [3.05, 3.63) is 60.2 Å². The highest BCUT2D eigenvalue weighted by atomic mass is 32.2. The average Bonchev–Trinajstić information content (AvgIpc) is 2.68. The molecule has 1 aliphatic heterocycles. The fraction of sp³-hybridized carbons (Fsp3) is 0.350. The van der Waals surface area contributed by atoms with Crippen LogP contribution in [0.2, 0.25) is 0 Å². The Morgan fingerprint density at radius 1 is 1.12 bits per heavy atom. The van der Waals surface area contributed by atoms with Gasteiger partial charge in [0.25, 0.3) is 5.91 Å². The minimum absolute atomic E-state index is 0.0452. The summed E-state index contributed by atoms with van der Waals surface area (Å²) in [5.41, 5.74) is 0.595. The standard InChI is InChI=1S/C20H23NO4S/c1-25-18-11-9-17(10-12-18)20(22)21-13-5-6-16(14-21)15-26(23,24)19-7-3-2-4-8-19/h2-4,7-12,16H,5-6,13-15H2,1H3. The Morgan fingerprint density at radius 3 is 2.46 bits per heavy atom. The number of ether oxygens (including phenoxy) is 1. The van der Waals surface area contributed by atoms with Gasteiger partial charge in [0.15, 0.2) is 9.84 Å². The third-order valence-electron chi connectivity index (χ3n) is 4.70. The minimum atomic E-state index is -3.34. The van der Waals surface area contributed by atoms with Crippen LogP contribution in [0.15, 0.2) is 59.5 Å². The third-order valence-corrected chi connectivity index (χ3v) is 6.60. The molecule has 1 aliphatic rings. The lowest BCUT2D eigenvalue weighted by molar-refractivity contribution is 0.0684. The van der Waals surface area contributed by atoms with Crippen molar-refractivity contribution in [1.29, 1.82) is 0 Å². The van der Waals surface area contributed by atoms with Gasteiger partial charge in [-0.25, -0.2) is 8.42 Å². The average molecular weight is 373 g/mol. The van der Waals surface area contributed by atoms with Crippen LogP contribution in [0.5, 0.6) is 5.75 Å². The van der Waals surface area contributed by atoms with E-state index in [0.717, 1.165) is 12.8 Å². The highest BCUT2D eigenvalue weighted by Gasteiger charge is 2.28. The molecule has 1 fully saturated rings. The van der Waals surface area contributed by atoms with E-state index >= 15 is 0 Å². The molecule has 0 bridgehead atoms. The fourth-order valence-corrected chi connectivity index (χ4v) is 4.99. The molecule has 138 valence electrons.